The molecule has 1 fully saturated rings. The minimum atomic E-state index is -0.534. The molecule has 0 bridgehead atoms. The van der Waals surface area contributed by atoms with Crippen LogP contribution in [0, 0.1) is 0 Å². The van der Waals surface area contributed by atoms with Crippen molar-refractivity contribution in [1.29, 1.82) is 0 Å². The van der Waals surface area contributed by atoms with E-state index in [2.05, 4.69) is 9.98 Å². The number of hydrogen-bond donors (Lipinski definition) is 0. The Balaban J connectivity index is 2.10. The molecule has 100 valence electrons. The SMILES string of the molecule is C[C@@H]1CCCN1C(=O)C(Cc1cscn1)N=CB=O. The summed E-state index contributed by atoms with van der Waals surface area (Å²) in [6, 6.07) is -0.273. The molecule has 5 nitrogen and oxygen atoms in total. The molecular weight excluding hydrogens is 261 g/mol. The van der Waals surface area contributed by atoms with E-state index in [1.807, 2.05) is 17.2 Å². The van der Waals surface area contributed by atoms with Gasteiger partial charge in [0, 0.05) is 0 Å². The van der Waals surface area contributed by atoms with Crippen LogP contribution in [0.25, 0.3) is 0 Å². The summed E-state index contributed by atoms with van der Waals surface area (Å²) in [7, 11) is 0.606. The van der Waals surface area contributed by atoms with E-state index in [9.17, 15) is 9.50 Å². The van der Waals surface area contributed by atoms with Crippen LogP contribution in [0.5, 0.6) is 0 Å². The monoisotopic (exact) mass is 277 g/mol. The molecule has 0 radical (unpaired) electrons. The Hall–Kier alpha value is -1.37. The van der Waals surface area contributed by atoms with Crippen molar-refractivity contribution < 1.29 is 9.50 Å². The molecule has 2 rings (SSSR count). The van der Waals surface area contributed by atoms with Gasteiger partial charge >= 0.3 is 116 Å². The Morgan fingerprint density at radius 3 is 3.21 bits per heavy atom. The summed E-state index contributed by atoms with van der Waals surface area (Å²) in [6.45, 7) is 2.83. The molecule has 7 heteroatoms. The van der Waals surface area contributed by atoms with Crippen LogP contribution in [0.15, 0.2) is 15.9 Å². The maximum absolute atomic E-state index is 12.5. The van der Waals surface area contributed by atoms with Crippen molar-refractivity contribution in [3.63, 3.8) is 0 Å². The third-order valence-electron chi connectivity index (χ3n) is 3.33. The van der Waals surface area contributed by atoms with Crippen LogP contribution in [0.2, 0.25) is 0 Å². The van der Waals surface area contributed by atoms with Gasteiger partial charge in [-0.3, -0.25) is 0 Å². The molecule has 1 unspecified atom stereocenters. The van der Waals surface area contributed by atoms with Crippen molar-refractivity contribution in [1.82, 2.24) is 9.88 Å². The number of likely N-dealkylation sites (tertiary alicyclic amines) is 1. The number of carbonyl (C=O) groups is 1. The van der Waals surface area contributed by atoms with E-state index < -0.39 is 6.04 Å². The number of nitrogens with zero attached hydrogens (tertiary/aromatic N) is 3. The number of aliphatic imine (C=N–C) groups is 1. The first-order chi connectivity index (χ1) is 9.22. The minimum absolute atomic E-state index is 0.00361. The Morgan fingerprint density at radius 2 is 2.63 bits per heavy atom. The summed E-state index contributed by atoms with van der Waals surface area (Å²) < 4.78 is 10.4. The summed E-state index contributed by atoms with van der Waals surface area (Å²) >= 11 is 1.49. The second-order valence-electron chi connectivity index (χ2n) is 4.66. The first-order valence-electron chi connectivity index (χ1n) is 6.37. The van der Waals surface area contributed by atoms with Crippen molar-refractivity contribution in [2.45, 2.75) is 38.3 Å². The first-order valence-corrected chi connectivity index (χ1v) is 7.31. The third kappa shape index (κ3) is 3.56. The first kappa shape index (κ1) is 14.1. The van der Waals surface area contributed by atoms with Gasteiger partial charge in [0.1, 0.15) is 0 Å². The molecule has 1 amide bonds. The zero-order valence-electron chi connectivity index (χ0n) is 10.9. The summed E-state index contributed by atoms with van der Waals surface area (Å²) in [6.07, 6.45) is 3.69. The van der Waals surface area contributed by atoms with Crippen LogP contribution in [-0.2, 0) is 15.9 Å². The topological polar surface area (TPSA) is 62.6 Å². The Morgan fingerprint density at radius 1 is 1.79 bits per heavy atom. The molecule has 0 N–H and O–H groups in total. The molecule has 0 aliphatic carbocycles. The van der Waals surface area contributed by atoms with Gasteiger partial charge in [0.25, 0.3) is 0 Å². The molecule has 19 heavy (non-hydrogen) atoms. The van der Waals surface area contributed by atoms with E-state index in [1.54, 1.807) is 5.51 Å². The summed E-state index contributed by atoms with van der Waals surface area (Å²) in [5.41, 5.74) is 2.58. The van der Waals surface area contributed by atoms with Gasteiger partial charge in [0.15, 0.2) is 0 Å². The Labute approximate surface area is 117 Å². The number of amides is 1. The second-order valence-corrected chi connectivity index (χ2v) is 5.38. The van der Waals surface area contributed by atoms with Crippen molar-refractivity contribution in [3.8, 4) is 0 Å². The van der Waals surface area contributed by atoms with Gasteiger partial charge in [0.2, 0.25) is 0 Å². The van der Waals surface area contributed by atoms with Gasteiger partial charge in [-0.25, -0.2) is 0 Å². The molecule has 1 aromatic heterocycles. The third-order valence-corrected chi connectivity index (χ3v) is 3.97. The van der Waals surface area contributed by atoms with E-state index in [1.165, 1.54) is 11.3 Å². The molecule has 0 spiro atoms. The zero-order chi connectivity index (χ0) is 13.7. The molecule has 1 saturated heterocycles. The van der Waals surface area contributed by atoms with E-state index in [-0.39, 0.29) is 11.9 Å². The summed E-state index contributed by atoms with van der Waals surface area (Å²) in [5, 5.41) is 1.91. The van der Waals surface area contributed by atoms with Crippen LogP contribution in [0.3, 0.4) is 0 Å². The van der Waals surface area contributed by atoms with E-state index in [4.69, 9.17) is 0 Å². The van der Waals surface area contributed by atoms with E-state index in [0.29, 0.717) is 13.6 Å². The van der Waals surface area contributed by atoms with Crippen molar-refractivity contribution in [2.75, 3.05) is 6.54 Å². The molecule has 2 heterocycles. The fourth-order valence-electron chi connectivity index (χ4n) is 2.33. The fraction of sp³-hybridized carbons (Fsp3) is 0.583. The second kappa shape index (κ2) is 6.70. The van der Waals surface area contributed by atoms with Crippen molar-refractivity contribution >= 4 is 30.5 Å². The van der Waals surface area contributed by atoms with Gasteiger partial charge in [-0.05, 0) is 0 Å². The van der Waals surface area contributed by atoms with Crippen LogP contribution in [-0.4, -0.2) is 47.7 Å². The number of aromatic nitrogens is 1. The summed E-state index contributed by atoms with van der Waals surface area (Å²) in [4.78, 5) is 22.6. The van der Waals surface area contributed by atoms with E-state index in [0.717, 1.165) is 31.2 Å². The molecule has 2 atom stereocenters. The predicted octanol–water partition coefficient (Wildman–Crippen LogP) is 1.14. The standard InChI is InChI=1S/C12H16BN3O2S/c1-9-3-2-4-16(9)12(17)11(14-7-13-18)5-10-6-19-8-15-10/h6-9,11H,2-5H2,1H3/t9-,11?/m1/s1. The number of hydrogen-bond acceptors (Lipinski definition) is 5. The molecule has 1 aromatic rings. The van der Waals surface area contributed by atoms with Crippen LogP contribution < -0.4 is 0 Å². The molecule has 0 aromatic carbocycles. The van der Waals surface area contributed by atoms with Gasteiger partial charge in [-0.1, -0.05) is 0 Å². The van der Waals surface area contributed by atoms with Gasteiger partial charge in [0.05, 0.1) is 0 Å². The number of carbonyl (C=O) groups excluding carboxylic acids is 1. The molecule has 1 aliphatic heterocycles. The molecule has 0 saturated carbocycles. The van der Waals surface area contributed by atoms with Crippen LogP contribution >= 0.6 is 11.3 Å². The van der Waals surface area contributed by atoms with Crippen molar-refractivity contribution in [3.05, 3.63) is 16.6 Å². The van der Waals surface area contributed by atoms with Gasteiger partial charge in [-0.15, -0.1) is 0 Å². The average Bonchev–Trinajstić information content (AvgIpc) is 3.05. The van der Waals surface area contributed by atoms with Gasteiger partial charge in [-0.2, -0.15) is 0 Å². The van der Waals surface area contributed by atoms with Crippen LogP contribution in [0.4, 0.5) is 0 Å². The normalized spacial score (nSPS) is 20.7. The van der Waals surface area contributed by atoms with Gasteiger partial charge < -0.3 is 0 Å². The van der Waals surface area contributed by atoms with Crippen LogP contribution in [0.1, 0.15) is 25.5 Å². The number of rotatable bonds is 5. The molecular formula is C12H16BN3O2S. The fourth-order valence-corrected chi connectivity index (χ4v) is 2.90. The predicted molar refractivity (Wildman–Crippen MR) is 74.9 cm³/mol. The number of thiazole rings is 1. The Kier molecular flexibility index (Phi) is 4.96. The van der Waals surface area contributed by atoms with Crippen molar-refractivity contribution in [2.24, 2.45) is 4.99 Å². The van der Waals surface area contributed by atoms with E-state index >= 15 is 0 Å². The Bertz CT molecular complexity index is 464. The maximum atomic E-state index is 12.5. The average molecular weight is 277 g/mol. The zero-order valence-corrected chi connectivity index (χ0v) is 11.7. The molecule has 1 aliphatic rings. The quantitative estimate of drug-likeness (QED) is 0.599. The summed E-state index contributed by atoms with van der Waals surface area (Å²) in [5.74, 6) is -0.00361.